The van der Waals surface area contributed by atoms with Crippen LogP contribution in [0, 0.1) is 0 Å². The normalized spacial score (nSPS) is 10.3. The number of hydrogen-bond donors (Lipinski definition) is 1. The maximum absolute atomic E-state index is 5.22. The molecule has 1 aromatic carbocycles. The van der Waals surface area contributed by atoms with Gasteiger partial charge in [-0.2, -0.15) is 0 Å². The van der Waals surface area contributed by atoms with Gasteiger partial charge in [0.25, 0.3) is 0 Å². The molecular formula is C9H13NOS. The molecule has 0 fully saturated rings. The Bertz CT molecular complexity index is 250. The van der Waals surface area contributed by atoms with Crippen LogP contribution in [0.5, 0.6) is 5.75 Å². The second-order valence-corrected chi connectivity index (χ2v) is 3.23. The van der Waals surface area contributed by atoms with Crippen LogP contribution < -0.4 is 9.32 Å². The van der Waals surface area contributed by atoms with Crippen LogP contribution in [0.2, 0.25) is 0 Å². The smallest absolute Gasteiger partial charge is 0.142 e. The highest BCUT2D eigenvalue weighted by molar-refractivity contribution is 7.92. The highest BCUT2D eigenvalue weighted by Crippen LogP contribution is 2.27. The van der Waals surface area contributed by atoms with Gasteiger partial charge in [0, 0.05) is 0 Å². The van der Waals surface area contributed by atoms with Crippen LogP contribution in [0.15, 0.2) is 24.3 Å². The molecule has 3 heteroatoms. The van der Waals surface area contributed by atoms with Gasteiger partial charge in [0.05, 0.1) is 0 Å². The van der Waals surface area contributed by atoms with E-state index < -0.39 is 0 Å². The molecule has 0 bridgehead atoms. The Labute approximate surface area is 77.4 Å². The number of rotatable bonds is 3. The number of nitrogens with two attached hydrogens (primary N) is 1. The van der Waals surface area contributed by atoms with Gasteiger partial charge in [-0.25, -0.2) is 5.14 Å². The summed E-state index contributed by atoms with van der Waals surface area (Å²) in [5.74, 6) is 1.33. The molecule has 0 heterocycles. The third-order valence-corrected chi connectivity index (χ3v) is 1.95. The van der Waals surface area contributed by atoms with Crippen LogP contribution in [0.4, 0.5) is 0 Å². The van der Waals surface area contributed by atoms with Crippen LogP contribution in [-0.2, 0) is 0 Å². The molecular weight excluding hydrogens is 170 g/mol. The molecule has 0 aromatic heterocycles. The predicted molar refractivity (Wildman–Crippen MR) is 52.9 cm³/mol. The summed E-state index contributed by atoms with van der Waals surface area (Å²) in [4.78, 5) is 0. The molecule has 0 aliphatic rings. The molecule has 0 radical (unpaired) electrons. The van der Waals surface area contributed by atoms with Crippen molar-refractivity contribution in [1.29, 1.82) is 0 Å². The first-order chi connectivity index (χ1) is 5.75. The van der Waals surface area contributed by atoms with Crippen molar-refractivity contribution in [1.82, 2.24) is 0 Å². The average Bonchev–Trinajstić information content (AvgIpc) is 2.05. The van der Waals surface area contributed by atoms with E-state index in [9.17, 15) is 0 Å². The van der Waals surface area contributed by atoms with E-state index in [0.717, 1.165) is 18.0 Å². The molecule has 0 aliphatic carbocycles. The highest BCUT2D eigenvalue weighted by Gasteiger charge is 2.05. The third kappa shape index (κ3) is 2.16. The van der Waals surface area contributed by atoms with Gasteiger partial charge in [-0.05, 0) is 17.5 Å². The van der Waals surface area contributed by atoms with Crippen molar-refractivity contribution in [2.45, 2.75) is 19.8 Å². The molecule has 66 valence electrons. The van der Waals surface area contributed by atoms with Gasteiger partial charge in [0.1, 0.15) is 18.0 Å². The summed E-state index contributed by atoms with van der Waals surface area (Å²) in [7, 11) is 0. The second-order valence-electron chi connectivity index (χ2n) is 2.87. The maximum Gasteiger partial charge on any atom is 0.142 e. The number of para-hydroxylation sites is 1. The van der Waals surface area contributed by atoms with Crippen molar-refractivity contribution in [3.05, 3.63) is 29.8 Å². The Balaban J connectivity index is 2.92. The van der Waals surface area contributed by atoms with Crippen molar-refractivity contribution < 1.29 is 4.18 Å². The lowest BCUT2D eigenvalue weighted by Crippen LogP contribution is -1.94. The first-order valence-corrected chi connectivity index (χ1v) is 4.68. The van der Waals surface area contributed by atoms with Crippen LogP contribution in [0.1, 0.15) is 25.3 Å². The van der Waals surface area contributed by atoms with E-state index in [1.165, 1.54) is 5.56 Å². The van der Waals surface area contributed by atoms with Crippen LogP contribution in [0.3, 0.4) is 0 Å². The van der Waals surface area contributed by atoms with Crippen molar-refractivity contribution in [3.63, 3.8) is 0 Å². The number of hydrogen-bond acceptors (Lipinski definition) is 3. The van der Waals surface area contributed by atoms with E-state index in [-0.39, 0.29) is 0 Å². The van der Waals surface area contributed by atoms with Gasteiger partial charge in [-0.3, -0.25) is 0 Å². The van der Waals surface area contributed by atoms with Gasteiger partial charge in [-0.1, -0.05) is 32.0 Å². The van der Waals surface area contributed by atoms with E-state index in [0.29, 0.717) is 5.92 Å². The Hall–Kier alpha value is -0.670. The first kappa shape index (κ1) is 9.42. The highest BCUT2D eigenvalue weighted by atomic mass is 32.2. The summed E-state index contributed by atoms with van der Waals surface area (Å²) in [6.07, 6.45) is 0. The Kier molecular flexibility index (Phi) is 3.44. The lowest BCUT2D eigenvalue weighted by molar-refractivity contribution is 0.625. The Morgan fingerprint density at radius 3 is 2.58 bits per heavy atom. The van der Waals surface area contributed by atoms with E-state index in [4.69, 9.17) is 9.32 Å². The molecule has 1 rings (SSSR count). The molecule has 2 N–H and O–H groups in total. The molecule has 0 amide bonds. The summed E-state index contributed by atoms with van der Waals surface area (Å²) in [6, 6.07) is 7.92. The molecule has 0 aliphatic heterocycles. The molecule has 0 saturated heterocycles. The molecule has 0 saturated carbocycles. The van der Waals surface area contributed by atoms with Crippen LogP contribution >= 0.6 is 12.2 Å². The van der Waals surface area contributed by atoms with E-state index in [1.54, 1.807) is 0 Å². The minimum atomic E-state index is 0.466. The van der Waals surface area contributed by atoms with Crippen molar-refractivity contribution in [3.8, 4) is 5.75 Å². The molecule has 12 heavy (non-hydrogen) atoms. The SMILES string of the molecule is CC(C)c1ccccc1OSN. The van der Waals surface area contributed by atoms with E-state index >= 15 is 0 Å². The summed E-state index contributed by atoms with van der Waals surface area (Å²) < 4.78 is 5.19. The maximum atomic E-state index is 5.22. The zero-order valence-electron chi connectivity index (χ0n) is 7.28. The molecule has 0 spiro atoms. The Morgan fingerprint density at radius 1 is 1.33 bits per heavy atom. The quantitative estimate of drug-likeness (QED) is 0.578. The standard InChI is InChI=1S/C9H13NOS/c1-7(2)8-5-3-4-6-9(8)11-12-10/h3-7H,10H2,1-2H3. The second kappa shape index (κ2) is 4.38. The first-order valence-electron chi connectivity index (χ1n) is 3.88. The third-order valence-electron chi connectivity index (χ3n) is 1.68. The summed E-state index contributed by atoms with van der Waals surface area (Å²) in [5, 5.41) is 5.22. The topological polar surface area (TPSA) is 35.2 Å². The van der Waals surface area contributed by atoms with Gasteiger partial charge < -0.3 is 4.18 Å². The van der Waals surface area contributed by atoms with Crippen molar-refractivity contribution in [2.24, 2.45) is 5.14 Å². The fourth-order valence-electron chi connectivity index (χ4n) is 1.09. The van der Waals surface area contributed by atoms with Crippen molar-refractivity contribution >= 4 is 12.2 Å². The van der Waals surface area contributed by atoms with Gasteiger partial charge in [0.15, 0.2) is 0 Å². The monoisotopic (exact) mass is 183 g/mol. The largest absolute Gasteiger partial charge is 0.410 e. The minimum absolute atomic E-state index is 0.466. The lowest BCUT2D eigenvalue weighted by Gasteiger charge is -2.10. The summed E-state index contributed by atoms with van der Waals surface area (Å²) in [5.41, 5.74) is 1.19. The Morgan fingerprint density at radius 2 is 2.00 bits per heavy atom. The average molecular weight is 183 g/mol. The molecule has 0 unspecified atom stereocenters. The fourth-order valence-corrected chi connectivity index (χ4v) is 1.34. The number of benzene rings is 1. The van der Waals surface area contributed by atoms with Crippen molar-refractivity contribution in [2.75, 3.05) is 0 Å². The minimum Gasteiger partial charge on any atom is -0.410 e. The van der Waals surface area contributed by atoms with E-state index in [1.807, 2.05) is 18.2 Å². The zero-order chi connectivity index (χ0) is 8.97. The fraction of sp³-hybridized carbons (Fsp3) is 0.333. The van der Waals surface area contributed by atoms with Gasteiger partial charge in [-0.15, -0.1) is 0 Å². The van der Waals surface area contributed by atoms with Gasteiger partial charge >= 0.3 is 0 Å². The molecule has 0 atom stereocenters. The summed E-state index contributed by atoms with van der Waals surface area (Å²) >= 11 is 0.886. The van der Waals surface area contributed by atoms with Crippen LogP contribution in [-0.4, -0.2) is 0 Å². The lowest BCUT2D eigenvalue weighted by atomic mass is 10.0. The molecule has 1 aromatic rings. The van der Waals surface area contributed by atoms with E-state index in [2.05, 4.69) is 19.9 Å². The summed E-state index contributed by atoms with van der Waals surface area (Å²) in [6.45, 7) is 4.26. The van der Waals surface area contributed by atoms with Crippen LogP contribution in [0.25, 0.3) is 0 Å². The molecule has 2 nitrogen and oxygen atoms in total. The predicted octanol–water partition coefficient (Wildman–Crippen LogP) is 2.71. The van der Waals surface area contributed by atoms with Gasteiger partial charge in [0.2, 0.25) is 0 Å². The zero-order valence-corrected chi connectivity index (χ0v) is 8.10.